The summed E-state index contributed by atoms with van der Waals surface area (Å²) < 4.78 is 2.07. The van der Waals surface area contributed by atoms with Crippen LogP contribution >= 0.6 is 0 Å². The average Bonchev–Trinajstić information content (AvgIpc) is 3.17. The van der Waals surface area contributed by atoms with E-state index < -0.39 is 0 Å². The molecular formula is C27H38N4O2. The van der Waals surface area contributed by atoms with Crippen molar-refractivity contribution < 1.29 is 9.59 Å². The highest BCUT2D eigenvalue weighted by molar-refractivity contribution is 5.92. The third-order valence-electron chi connectivity index (χ3n) is 7.27. The number of aromatic nitrogens is 2. The second kappa shape index (κ2) is 11.0. The van der Waals surface area contributed by atoms with Gasteiger partial charge in [0.1, 0.15) is 12.4 Å². The number of rotatable bonds is 8. The van der Waals surface area contributed by atoms with Crippen molar-refractivity contribution >= 4 is 22.8 Å². The van der Waals surface area contributed by atoms with E-state index in [0.29, 0.717) is 37.2 Å². The summed E-state index contributed by atoms with van der Waals surface area (Å²) in [6.07, 6.45) is 12.6. The van der Waals surface area contributed by atoms with E-state index in [1.807, 2.05) is 24.3 Å². The minimum atomic E-state index is -0.144. The Labute approximate surface area is 197 Å². The molecule has 2 aliphatic carbocycles. The minimum absolute atomic E-state index is 0.144. The van der Waals surface area contributed by atoms with Crippen LogP contribution < -0.4 is 5.32 Å². The van der Waals surface area contributed by atoms with E-state index in [0.717, 1.165) is 42.5 Å². The Morgan fingerprint density at radius 2 is 1.64 bits per heavy atom. The van der Waals surface area contributed by atoms with E-state index in [2.05, 4.69) is 21.4 Å². The van der Waals surface area contributed by atoms with E-state index in [1.165, 1.54) is 38.5 Å². The Hall–Kier alpha value is -2.63. The molecule has 33 heavy (non-hydrogen) atoms. The molecule has 2 saturated carbocycles. The topological polar surface area (TPSA) is 67.2 Å². The van der Waals surface area contributed by atoms with Gasteiger partial charge in [-0.1, -0.05) is 57.2 Å². The fourth-order valence-electron chi connectivity index (χ4n) is 5.57. The van der Waals surface area contributed by atoms with Crippen LogP contribution in [0, 0.1) is 0 Å². The van der Waals surface area contributed by atoms with Crippen LogP contribution in [-0.4, -0.2) is 44.9 Å². The van der Waals surface area contributed by atoms with Gasteiger partial charge in [-0.2, -0.15) is 0 Å². The van der Waals surface area contributed by atoms with Crippen molar-refractivity contribution in [1.29, 1.82) is 0 Å². The lowest BCUT2D eigenvalue weighted by Crippen LogP contribution is -2.50. The summed E-state index contributed by atoms with van der Waals surface area (Å²) in [4.78, 5) is 32.9. The van der Waals surface area contributed by atoms with Crippen molar-refractivity contribution in [3.63, 3.8) is 0 Å². The Kier molecular flexibility index (Phi) is 7.84. The van der Waals surface area contributed by atoms with Crippen LogP contribution in [-0.2, 0) is 22.6 Å². The molecule has 0 aliphatic heterocycles. The molecule has 0 spiro atoms. The quantitative estimate of drug-likeness (QED) is 0.590. The van der Waals surface area contributed by atoms with Crippen LogP contribution in [0.25, 0.3) is 11.0 Å². The zero-order valence-corrected chi connectivity index (χ0v) is 20.0. The number of hydrogen-bond donors (Lipinski definition) is 1. The molecule has 0 atom stereocenters. The molecule has 1 aromatic heterocycles. The molecule has 0 bridgehead atoms. The Morgan fingerprint density at radius 1 is 1.03 bits per heavy atom. The Bertz CT molecular complexity index is 965. The molecule has 1 N–H and O–H groups in total. The molecule has 1 heterocycles. The van der Waals surface area contributed by atoms with Crippen LogP contribution in [0.2, 0.25) is 0 Å². The van der Waals surface area contributed by atoms with Gasteiger partial charge in [0.15, 0.2) is 0 Å². The summed E-state index contributed by atoms with van der Waals surface area (Å²) in [7, 11) is 0. The molecule has 178 valence electrons. The van der Waals surface area contributed by atoms with E-state index in [-0.39, 0.29) is 11.8 Å². The summed E-state index contributed by atoms with van der Waals surface area (Å²) in [5.74, 6) is 0.928. The van der Waals surface area contributed by atoms with Gasteiger partial charge in [-0.15, -0.1) is 0 Å². The number of hydrogen-bond acceptors (Lipinski definition) is 3. The molecule has 4 rings (SSSR count). The minimum Gasteiger partial charge on any atom is -0.352 e. The number of fused-ring (bicyclic) bond motifs is 1. The highest BCUT2D eigenvalue weighted by Crippen LogP contribution is 2.31. The first-order valence-corrected chi connectivity index (χ1v) is 12.7. The van der Waals surface area contributed by atoms with Gasteiger partial charge in [0.25, 0.3) is 0 Å². The molecule has 1 aromatic carbocycles. The zero-order valence-electron chi connectivity index (χ0n) is 20.0. The fourth-order valence-corrected chi connectivity index (χ4v) is 5.57. The van der Waals surface area contributed by atoms with Crippen molar-refractivity contribution in [1.82, 2.24) is 19.8 Å². The Morgan fingerprint density at radius 3 is 2.24 bits per heavy atom. The lowest BCUT2D eigenvalue weighted by molar-refractivity contribution is -0.138. The van der Waals surface area contributed by atoms with Crippen LogP contribution in [0.15, 0.2) is 36.4 Å². The first-order chi connectivity index (χ1) is 16.0. The van der Waals surface area contributed by atoms with Gasteiger partial charge in [0.2, 0.25) is 11.8 Å². The maximum absolute atomic E-state index is 13.9. The summed E-state index contributed by atoms with van der Waals surface area (Å²) in [6, 6.07) is 8.76. The van der Waals surface area contributed by atoms with Gasteiger partial charge in [-0.25, -0.2) is 4.98 Å². The number of imidazole rings is 1. The second-order valence-electron chi connectivity index (χ2n) is 9.77. The maximum atomic E-state index is 13.9. The standard InChI is InChI=1S/C27H38N4O2/c1-20(2)27(33)28-18-17-25-29-23-15-9-10-16-24(23)30(25)19-26(32)31(21-11-5-3-6-12-21)22-13-7-4-8-14-22/h9-10,15-16,21-22H,1,3-8,11-14,17-19H2,2H3,(H,28,33). The summed E-state index contributed by atoms with van der Waals surface area (Å²) >= 11 is 0. The van der Waals surface area contributed by atoms with Crippen LogP contribution in [0.1, 0.15) is 77.0 Å². The molecule has 6 heteroatoms. The summed E-state index contributed by atoms with van der Waals surface area (Å²) in [6.45, 7) is 6.19. The number of carbonyl (C=O) groups excluding carboxylic acids is 2. The van der Waals surface area contributed by atoms with Gasteiger partial charge >= 0.3 is 0 Å². The van der Waals surface area contributed by atoms with E-state index >= 15 is 0 Å². The molecule has 2 aromatic rings. The highest BCUT2D eigenvalue weighted by Gasteiger charge is 2.33. The first-order valence-electron chi connectivity index (χ1n) is 12.7. The van der Waals surface area contributed by atoms with Crippen molar-refractivity contribution in [3.05, 3.63) is 42.2 Å². The molecule has 6 nitrogen and oxygen atoms in total. The molecule has 0 saturated heterocycles. The summed E-state index contributed by atoms with van der Waals surface area (Å²) in [5, 5.41) is 2.89. The molecule has 0 unspecified atom stereocenters. The monoisotopic (exact) mass is 450 g/mol. The van der Waals surface area contributed by atoms with Crippen LogP contribution in [0.5, 0.6) is 0 Å². The predicted molar refractivity (Wildman–Crippen MR) is 132 cm³/mol. The van der Waals surface area contributed by atoms with Gasteiger partial charge in [-0.05, 0) is 44.7 Å². The predicted octanol–water partition coefficient (Wildman–Crippen LogP) is 4.77. The van der Waals surface area contributed by atoms with E-state index in [4.69, 9.17) is 4.98 Å². The number of para-hydroxylation sites is 2. The lowest BCUT2D eigenvalue weighted by atomic mass is 9.88. The van der Waals surface area contributed by atoms with Gasteiger partial charge in [-0.3, -0.25) is 9.59 Å². The number of nitrogens with zero attached hydrogens (tertiary/aromatic N) is 3. The van der Waals surface area contributed by atoms with E-state index in [9.17, 15) is 9.59 Å². The second-order valence-corrected chi connectivity index (χ2v) is 9.77. The van der Waals surface area contributed by atoms with Gasteiger partial charge < -0.3 is 14.8 Å². The maximum Gasteiger partial charge on any atom is 0.246 e. The smallest absolute Gasteiger partial charge is 0.246 e. The van der Waals surface area contributed by atoms with Crippen molar-refractivity contribution in [2.75, 3.05) is 6.54 Å². The SMILES string of the molecule is C=C(C)C(=O)NCCc1nc2ccccc2n1CC(=O)N(C1CCCCC1)C1CCCCC1. The lowest BCUT2D eigenvalue weighted by Gasteiger charge is -2.42. The third kappa shape index (κ3) is 5.66. The van der Waals surface area contributed by atoms with Gasteiger partial charge in [0.05, 0.1) is 11.0 Å². The summed E-state index contributed by atoms with van der Waals surface area (Å²) in [5.41, 5.74) is 2.38. The zero-order chi connectivity index (χ0) is 23.2. The van der Waals surface area contributed by atoms with Crippen molar-refractivity contribution in [2.24, 2.45) is 0 Å². The van der Waals surface area contributed by atoms with Crippen molar-refractivity contribution in [3.8, 4) is 0 Å². The number of carbonyl (C=O) groups is 2. The molecule has 2 amide bonds. The van der Waals surface area contributed by atoms with Crippen molar-refractivity contribution in [2.45, 2.75) is 96.2 Å². The van der Waals surface area contributed by atoms with Crippen LogP contribution in [0.4, 0.5) is 0 Å². The average molecular weight is 451 g/mol. The highest BCUT2D eigenvalue weighted by atomic mass is 16.2. The van der Waals surface area contributed by atoms with Crippen LogP contribution in [0.3, 0.4) is 0 Å². The van der Waals surface area contributed by atoms with Gasteiger partial charge in [0, 0.05) is 30.6 Å². The Balaban J connectivity index is 1.56. The number of nitrogens with one attached hydrogen (secondary N) is 1. The molecular weight excluding hydrogens is 412 g/mol. The number of benzene rings is 1. The normalized spacial score (nSPS) is 17.7. The van der Waals surface area contributed by atoms with E-state index in [1.54, 1.807) is 6.92 Å². The third-order valence-corrected chi connectivity index (χ3v) is 7.27. The molecule has 2 fully saturated rings. The molecule has 2 aliphatic rings. The fraction of sp³-hybridized carbons (Fsp3) is 0.593. The molecule has 0 radical (unpaired) electrons. The largest absolute Gasteiger partial charge is 0.352 e. The first kappa shape index (κ1) is 23.5. The number of amides is 2.